The number of amides is 1. The monoisotopic (exact) mass is 161 g/mol. The highest BCUT2D eigenvalue weighted by Gasteiger charge is 2.39. The Bertz CT molecular complexity index is 172. The van der Waals surface area contributed by atoms with Crippen molar-refractivity contribution in [1.82, 2.24) is 5.32 Å². The van der Waals surface area contributed by atoms with Gasteiger partial charge in [0.1, 0.15) is 12.2 Å². The molecule has 0 aromatic rings. The van der Waals surface area contributed by atoms with Crippen LogP contribution in [0.25, 0.3) is 0 Å². The van der Waals surface area contributed by atoms with Crippen LogP contribution in [0.3, 0.4) is 0 Å². The number of hydrogen-bond acceptors (Lipinski definition) is 4. The average Bonchev–Trinajstić information content (AvgIpc) is 1.97. The summed E-state index contributed by atoms with van der Waals surface area (Å²) >= 11 is 0. The minimum Gasteiger partial charge on any atom is -0.388 e. The molecule has 0 saturated carbocycles. The van der Waals surface area contributed by atoms with Crippen LogP contribution in [0.15, 0.2) is 0 Å². The quantitative estimate of drug-likeness (QED) is 0.318. The van der Waals surface area contributed by atoms with Crippen molar-refractivity contribution in [3.8, 4) is 0 Å². The second-order valence-electron chi connectivity index (χ2n) is 2.72. The lowest BCUT2D eigenvalue weighted by atomic mass is 9.97. The van der Waals surface area contributed by atoms with E-state index in [1.54, 1.807) is 6.92 Å². The summed E-state index contributed by atoms with van der Waals surface area (Å²) in [5.41, 5.74) is 0. The van der Waals surface area contributed by atoms with Gasteiger partial charge in [0.25, 0.3) is 5.91 Å². The predicted octanol–water partition coefficient (Wildman–Crippen LogP) is -2.41. The van der Waals surface area contributed by atoms with Crippen molar-refractivity contribution in [2.45, 2.75) is 31.3 Å². The van der Waals surface area contributed by atoms with Gasteiger partial charge in [-0.1, -0.05) is 0 Å². The number of carbonyl (C=O) groups is 1. The summed E-state index contributed by atoms with van der Waals surface area (Å²) in [6, 6.07) is -0.513. The normalized spacial score (nSPS) is 45.3. The Morgan fingerprint density at radius 2 is 1.82 bits per heavy atom. The lowest BCUT2D eigenvalue weighted by molar-refractivity contribution is -0.152. The number of aliphatic hydroxyl groups is 3. The molecule has 11 heavy (non-hydrogen) atoms. The average molecular weight is 161 g/mol. The van der Waals surface area contributed by atoms with Gasteiger partial charge in [-0.05, 0) is 6.92 Å². The number of nitrogens with one attached hydrogen (secondary N) is 1. The van der Waals surface area contributed by atoms with Crippen molar-refractivity contribution < 1.29 is 20.1 Å². The van der Waals surface area contributed by atoms with Crippen molar-refractivity contribution in [1.29, 1.82) is 0 Å². The molecule has 1 rings (SSSR count). The van der Waals surface area contributed by atoms with Crippen LogP contribution in [0.1, 0.15) is 6.92 Å². The molecule has 1 saturated heterocycles. The zero-order valence-corrected chi connectivity index (χ0v) is 6.06. The molecule has 1 amide bonds. The Hall–Kier alpha value is -0.650. The van der Waals surface area contributed by atoms with Crippen molar-refractivity contribution in [2.75, 3.05) is 0 Å². The third-order valence-corrected chi connectivity index (χ3v) is 1.82. The first-order valence-corrected chi connectivity index (χ1v) is 3.38. The molecule has 4 atom stereocenters. The third-order valence-electron chi connectivity index (χ3n) is 1.82. The molecule has 0 aromatic carbocycles. The third kappa shape index (κ3) is 1.35. The van der Waals surface area contributed by atoms with E-state index in [0.29, 0.717) is 0 Å². The van der Waals surface area contributed by atoms with E-state index in [4.69, 9.17) is 15.3 Å². The van der Waals surface area contributed by atoms with Crippen LogP contribution >= 0.6 is 0 Å². The Labute approximate surface area is 63.7 Å². The molecular weight excluding hydrogens is 150 g/mol. The summed E-state index contributed by atoms with van der Waals surface area (Å²) < 4.78 is 0. The lowest BCUT2D eigenvalue weighted by Gasteiger charge is -2.33. The molecule has 5 heteroatoms. The topological polar surface area (TPSA) is 89.8 Å². The molecule has 0 radical (unpaired) electrons. The smallest absolute Gasteiger partial charge is 0.251 e. The molecule has 1 fully saturated rings. The van der Waals surface area contributed by atoms with Crippen LogP contribution in [0.5, 0.6) is 0 Å². The van der Waals surface area contributed by atoms with Gasteiger partial charge in [0.2, 0.25) is 0 Å². The number of piperidine rings is 1. The molecule has 0 aromatic heterocycles. The maximum atomic E-state index is 10.7. The molecule has 0 unspecified atom stereocenters. The number of hydrogen-bond donors (Lipinski definition) is 4. The second kappa shape index (κ2) is 2.77. The largest absolute Gasteiger partial charge is 0.388 e. The summed E-state index contributed by atoms with van der Waals surface area (Å²) in [5, 5.41) is 29.4. The summed E-state index contributed by atoms with van der Waals surface area (Å²) in [4.78, 5) is 10.7. The Morgan fingerprint density at radius 1 is 1.27 bits per heavy atom. The van der Waals surface area contributed by atoms with Gasteiger partial charge in [0, 0.05) is 0 Å². The van der Waals surface area contributed by atoms with Crippen molar-refractivity contribution in [2.24, 2.45) is 0 Å². The molecule has 0 aliphatic carbocycles. The molecule has 0 bridgehead atoms. The first-order valence-electron chi connectivity index (χ1n) is 3.38. The van der Waals surface area contributed by atoms with Gasteiger partial charge in [0.15, 0.2) is 6.10 Å². The standard InChI is InChI=1S/C6H11NO4/c1-2-3(8)4(9)5(10)6(11)7-2/h2-5,8-10H,1H3,(H,7,11)/t2-,3-,4-,5-/m1/s1. The molecule has 5 nitrogen and oxygen atoms in total. The SMILES string of the molecule is C[C@H]1NC(=O)[C@H](O)[C@H](O)[C@@H]1O. The van der Waals surface area contributed by atoms with Crippen LogP contribution in [0, 0.1) is 0 Å². The Balaban J connectivity index is 2.70. The van der Waals surface area contributed by atoms with E-state index in [1.165, 1.54) is 0 Å². The minimum absolute atomic E-state index is 0.513. The first-order chi connectivity index (χ1) is 5.04. The maximum Gasteiger partial charge on any atom is 0.251 e. The fraction of sp³-hybridized carbons (Fsp3) is 0.833. The highest BCUT2D eigenvalue weighted by Crippen LogP contribution is 2.10. The van der Waals surface area contributed by atoms with Gasteiger partial charge in [-0.3, -0.25) is 4.79 Å². The van der Waals surface area contributed by atoms with Crippen molar-refractivity contribution in [3.63, 3.8) is 0 Å². The van der Waals surface area contributed by atoms with E-state index in [1.807, 2.05) is 0 Å². The summed E-state index contributed by atoms with van der Waals surface area (Å²) in [5.74, 6) is -0.643. The Kier molecular flexibility index (Phi) is 2.12. The fourth-order valence-corrected chi connectivity index (χ4v) is 1.03. The van der Waals surface area contributed by atoms with Gasteiger partial charge in [0.05, 0.1) is 6.04 Å². The van der Waals surface area contributed by atoms with Crippen LogP contribution in [0.2, 0.25) is 0 Å². The van der Waals surface area contributed by atoms with E-state index in [9.17, 15) is 4.79 Å². The number of carbonyl (C=O) groups excluding carboxylic acids is 1. The number of rotatable bonds is 0. The molecule has 0 spiro atoms. The van der Waals surface area contributed by atoms with Crippen molar-refractivity contribution >= 4 is 5.91 Å². The molecule has 1 heterocycles. The first kappa shape index (κ1) is 8.45. The molecule has 1 aliphatic rings. The van der Waals surface area contributed by atoms with Gasteiger partial charge in [-0.25, -0.2) is 0 Å². The fourth-order valence-electron chi connectivity index (χ4n) is 1.03. The highest BCUT2D eigenvalue weighted by molar-refractivity contribution is 5.82. The maximum absolute atomic E-state index is 10.7. The predicted molar refractivity (Wildman–Crippen MR) is 35.6 cm³/mol. The van der Waals surface area contributed by atoms with Gasteiger partial charge >= 0.3 is 0 Å². The molecular formula is C6H11NO4. The van der Waals surface area contributed by atoms with Crippen LogP contribution in [-0.4, -0.2) is 45.6 Å². The zero-order valence-electron chi connectivity index (χ0n) is 6.06. The van der Waals surface area contributed by atoms with E-state index >= 15 is 0 Å². The summed E-state index contributed by atoms with van der Waals surface area (Å²) in [6.45, 7) is 1.55. The second-order valence-corrected chi connectivity index (χ2v) is 2.72. The van der Waals surface area contributed by atoms with Gasteiger partial charge in [-0.2, -0.15) is 0 Å². The van der Waals surface area contributed by atoms with E-state index in [-0.39, 0.29) is 0 Å². The number of aliphatic hydroxyl groups excluding tert-OH is 3. The van der Waals surface area contributed by atoms with Gasteiger partial charge in [-0.15, -0.1) is 0 Å². The van der Waals surface area contributed by atoms with E-state index in [2.05, 4.69) is 5.32 Å². The molecule has 1 aliphatic heterocycles. The highest BCUT2D eigenvalue weighted by atomic mass is 16.4. The lowest BCUT2D eigenvalue weighted by Crippen LogP contribution is -2.61. The zero-order chi connectivity index (χ0) is 8.59. The Morgan fingerprint density at radius 3 is 2.36 bits per heavy atom. The summed E-state index contributed by atoms with van der Waals surface area (Å²) in [7, 11) is 0. The van der Waals surface area contributed by atoms with E-state index in [0.717, 1.165) is 0 Å². The van der Waals surface area contributed by atoms with Crippen LogP contribution < -0.4 is 5.32 Å². The molecule has 64 valence electrons. The summed E-state index contributed by atoms with van der Waals surface area (Å²) in [6.07, 6.45) is -3.98. The van der Waals surface area contributed by atoms with Crippen LogP contribution in [0.4, 0.5) is 0 Å². The van der Waals surface area contributed by atoms with Crippen LogP contribution in [-0.2, 0) is 4.79 Å². The van der Waals surface area contributed by atoms with E-state index < -0.39 is 30.3 Å². The van der Waals surface area contributed by atoms with Gasteiger partial charge < -0.3 is 20.6 Å². The minimum atomic E-state index is -1.51. The van der Waals surface area contributed by atoms with Crippen molar-refractivity contribution in [3.05, 3.63) is 0 Å². The molecule has 4 N–H and O–H groups in total.